The van der Waals surface area contributed by atoms with Crippen LogP contribution in [-0.2, 0) is 14.3 Å². The van der Waals surface area contributed by atoms with E-state index in [9.17, 15) is 14.7 Å². The van der Waals surface area contributed by atoms with Crippen LogP contribution in [0.3, 0.4) is 0 Å². The van der Waals surface area contributed by atoms with Crippen molar-refractivity contribution >= 4 is 11.8 Å². The Morgan fingerprint density at radius 1 is 1.56 bits per heavy atom. The predicted molar refractivity (Wildman–Crippen MR) is 56.7 cm³/mol. The fourth-order valence-electron chi connectivity index (χ4n) is 3.22. The predicted octanol–water partition coefficient (Wildman–Crippen LogP) is 1.06. The molecule has 2 saturated carbocycles. The van der Waals surface area contributed by atoms with Crippen LogP contribution in [0.15, 0.2) is 0 Å². The minimum absolute atomic E-state index is 0.171. The van der Waals surface area contributed by atoms with Gasteiger partial charge in [-0.1, -0.05) is 0 Å². The van der Waals surface area contributed by atoms with Crippen LogP contribution in [0.2, 0.25) is 0 Å². The van der Waals surface area contributed by atoms with E-state index in [1.165, 1.54) is 6.92 Å². The first-order valence-electron chi connectivity index (χ1n) is 5.84. The van der Waals surface area contributed by atoms with E-state index in [-0.39, 0.29) is 30.0 Å². The number of carbonyl (C=O) groups is 2. The quantitative estimate of drug-likeness (QED) is 0.715. The van der Waals surface area contributed by atoms with Crippen LogP contribution >= 0.6 is 0 Å². The van der Waals surface area contributed by atoms with Crippen molar-refractivity contribution in [1.82, 2.24) is 0 Å². The molecule has 0 spiro atoms. The monoisotopic (exact) mass is 226 g/mol. The Morgan fingerprint density at radius 3 is 2.94 bits per heavy atom. The third-order valence-electron chi connectivity index (χ3n) is 3.57. The number of ketones is 1. The fourth-order valence-corrected chi connectivity index (χ4v) is 3.22. The van der Waals surface area contributed by atoms with Gasteiger partial charge in [0.05, 0.1) is 12.2 Å². The highest BCUT2D eigenvalue weighted by Crippen LogP contribution is 2.44. The molecular formula is C12H18O4. The lowest BCUT2D eigenvalue weighted by atomic mass is 9.65. The second-order valence-electron chi connectivity index (χ2n) is 5.32. The van der Waals surface area contributed by atoms with Gasteiger partial charge in [-0.25, -0.2) is 0 Å². The van der Waals surface area contributed by atoms with Gasteiger partial charge in [-0.3, -0.25) is 9.59 Å². The van der Waals surface area contributed by atoms with Gasteiger partial charge < -0.3 is 9.84 Å². The van der Waals surface area contributed by atoms with Crippen molar-refractivity contribution in [3.05, 3.63) is 0 Å². The highest BCUT2D eigenvalue weighted by molar-refractivity contribution is 5.80. The molecule has 3 unspecified atom stereocenters. The SMILES string of the molecule is CC(=O)OCC1CC2CC(=O)CC(O)(C1)C2. The molecule has 4 nitrogen and oxygen atoms in total. The highest BCUT2D eigenvalue weighted by Gasteiger charge is 2.44. The summed E-state index contributed by atoms with van der Waals surface area (Å²) in [6.07, 6.45) is 3.07. The van der Waals surface area contributed by atoms with Gasteiger partial charge in [0.2, 0.25) is 0 Å². The molecule has 2 fully saturated rings. The van der Waals surface area contributed by atoms with E-state index in [1.807, 2.05) is 0 Å². The van der Waals surface area contributed by atoms with Crippen molar-refractivity contribution in [2.24, 2.45) is 11.8 Å². The lowest BCUT2D eigenvalue weighted by Gasteiger charge is -2.44. The van der Waals surface area contributed by atoms with E-state index in [0.717, 1.165) is 12.8 Å². The average Bonchev–Trinajstić information content (AvgIpc) is 2.11. The summed E-state index contributed by atoms with van der Waals surface area (Å²) >= 11 is 0. The molecule has 90 valence electrons. The van der Waals surface area contributed by atoms with Gasteiger partial charge in [0.1, 0.15) is 5.78 Å². The summed E-state index contributed by atoms with van der Waals surface area (Å²) in [6.45, 7) is 1.77. The Bertz CT molecular complexity index is 312. The molecule has 0 aromatic heterocycles. The topological polar surface area (TPSA) is 63.6 Å². The van der Waals surface area contributed by atoms with Gasteiger partial charge >= 0.3 is 5.97 Å². The van der Waals surface area contributed by atoms with E-state index in [2.05, 4.69) is 0 Å². The molecule has 2 bridgehead atoms. The van der Waals surface area contributed by atoms with Crippen LogP contribution in [0, 0.1) is 11.8 Å². The molecular weight excluding hydrogens is 208 g/mol. The van der Waals surface area contributed by atoms with Crippen LogP contribution in [0.5, 0.6) is 0 Å². The molecule has 2 rings (SSSR count). The molecule has 4 heteroatoms. The Hall–Kier alpha value is -0.900. The molecule has 3 atom stereocenters. The Labute approximate surface area is 95.0 Å². The van der Waals surface area contributed by atoms with E-state index in [1.54, 1.807) is 0 Å². The molecule has 1 N–H and O–H groups in total. The summed E-state index contributed by atoms with van der Waals surface area (Å²) in [6, 6.07) is 0. The van der Waals surface area contributed by atoms with Gasteiger partial charge in [0.25, 0.3) is 0 Å². The number of ether oxygens (including phenoxy) is 1. The van der Waals surface area contributed by atoms with Crippen LogP contribution in [0.4, 0.5) is 0 Å². The number of hydrogen-bond acceptors (Lipinski definition) is 4. The first-order chi connectivity index (χ1) is 7.47. The summed E-state index contributed by atoms with van der Waals surface area (Å²) in [5, 5.41) is 10.2. The van der Waals surface area contributed by atoms with Crippen molar-refractivity contribution in [2.45, 2.75) is 44.6 Å². The van der Waals surface area contributed by atoms with Gasteiger partial charge in [0, 0.05) is 19.8 Å². The number of aliphatic hydroxyl groups is 1. The maximum Gasteiger partial charge on any atom is 0.302 e. The second kappa shape index (κ2) is 4.17. The van der Waals surface area contributed by atoms with Crippen LogP contribution in [0.25, 0.3) is 0 Å². The van der Waals surface area contributed by atoms with Crippen molar-refractivity contribution in [2.75, 3.05) is 6.61 Å². The molecule has 0 heterocycles. The van der Waals surface area contributed by atoms with Gasteiger partial charge in [-0.2, -0.15) is 0 Å². The number of esters is 1. The zero-order valence-corrected chi connectivity index (χ0v) is 9.57. The summed E-state index contributed by atoms with van der Waals surface area (Å²) in [5.74, 6) is 0.379. The maximum absolute atomic E-state index is 11.4. The average molecular weight is 226 g/mol. The third kappa shape index (κ3) is 2.61. The highest BCUT2D eigenvalue weighted by atomic mass is 16.5. The molecule has 0 aliphatic heterocycles. The third-order valence-corrected chi connectivity index (χ3v) is 3.57. The minimum atomic E-state index is -0.830. The van der Waals surface area contributed by atoms with Gasteiger partial charge in [-0.05, 0) is 31.1 Å². The van der Waals surface area contributed by atoms with Crippen molar-refractivity contribution < 1.29 is 19.4 Å². The Morgan fingerprint density at radius 2 is 2.31 bits per heavy atom. The Kier molecular flexibility index (Phi) is 3.02. The van der Waals surface area contributed by atoms with Gasteiger partial charge in [-0.15, -0.1) is 0 Å². The van der Waals surface area contributed by atoms with Gasteiger partial charge in [0.15, 0.2) is 0 Å². The van der Waals surface area contributed by atoms with Crippen molar-refractivity contribution in [3.63, 3.8) is 0 Å². The lowest BCUT2D eigenvalue weighted by Crippen LogP contribution is -2.46. The number of rotatable bonds is 2. The zero-order valence-electron chi connectivity index (χ0n) is 9.57. The largest absolute Gasteiger partial charge is 0.466 e. The maximum atomic E-state index is 11.4. The lowest BCUT2D eigenvalue weighted by molar-refractivity contribution is -0.149. The minimum Gasteiger partial charge on any atom is -0.466 e. The summed E-state index contributed by atoms with van der Waals surface area (Å²) in [5.41, 5.74) is -0.830. The van der Waals surface area contributed by atoms with Crippen LogP contribution in [0.1, 0.15) is 39.0 Å². The standard InChI is InChI=1S/C12H18O4/c1-8(13)16-7-10-2-9-3-11(14)6-12(15,4-9)5-10/h9-10,15H,2-7H2,1H3. The van der Waals surface area contributed by atoms with Crippen molar-refractivity contribution in [1.29, 1.82) is 0 Å². The van der Waals surface area contributed by atoms with E-state index < -0.39 is 5.60 Å². The number of fused-ring (bicyclic) bond motifs is 2. The van der Waals surface area contributed by atoms with Crippen molar-refractivity contribution in [3.8, 4) is 0 Å². The number of hydrogen-bond donors (Lipinski definition) is 1. The smallest absolute Gasteiger partial charge is 0.302 e. The summed E-state index contributed by atoms with van der Waals surface area (Å²) < 4.78 is 4.98. The van der Waals surface area contributed by atoms with Crippen LogP contribution < -0.4 is 0 Å². The molecule has 2 aliphatic carbocycles. The zero-order chi connectivity index (χ0) is 11.8. The van der Waals surface area contributed by atoms with E-state index >= 15 is 0 Å². The first-order valence-corrected chi connectivity index (χ1v) is 5.84. The molecule has 16 heavy (non-hydrogen) atoms. The van der Waals surface area contributed by atoms with E-state index in [0.29, 0.717) is 19.4 Å². The molecule has 2 aliphatic rings. The summed E-state index contributed by atoms with van der Waals surface area (Å²) in [4.78, 5) is 22.1. The molecule has 0 aromatic carbocycles. The second-order valence-corrected chi connectivity index (χ2v) is 5.32. The van der Waals surface area contributed by atoms with E-state index in [4.69, 9.17) is 4.74 Å². The molecule has 0 amide bonds. The molecule has 0 radical (unpaired) electrons. The Balaban J connectivity index is 1.95. The normalized spacial score (nSPS) is 38.2. The summed E-state index contributed by atoms with van der Waals surface area (Å²) in [7, 11) is 0. The molecule has 0 saturated heterocycles. The number of carbonyl (C=O) groups excluding carboxylic acids is 2. The van der Waals surface area contributed by atoms with Crippen LogP contribution in [-0.4, -0.2) is 29.1 Å². The molecule has 0 aromatic rings. The fraction of sp³-hybridized carbons (Fsp3) is 0.833. The first kappa shape index (κ1) is 11.6. The number of Topliss-reactive ketones (excluding diaryl/α,β-unsaturated/α-hetero) is 1.